The minimum absolute atomic E-state index is 0.0628. The summed E-state index contributed by atoms with van der Waals surface area (Å²) in [7, 11) is -0.993. The number of methoxy groups -OCH3 is 1. The number of carbonyl (C=O) groups excluding carboxylic acids is 2. The highest BCUT2D eigenvalue weighted by atomic mass is 32.2. The molecule has 1 N–H and O–H groups in total. The third-order valence-electron chi connectivity index (χ3n) is 4.94. The average molecular weight is 444 g/mol. The smallest absolute Gasteiger partial charge is 0.338 e. The lowest BCUT2D eigenvalue weighted by Gasteiger charge is -2.33. The van der Waals surface area contributed by atoms with Gasteiger partial charge in [0.1, 0.15) is 10.6 Å². The fourth-order valence-electron chi connectivity index (χ4n) is 3.17. The van der Waals surface area contributed by atoms with Crippen molar-refractivity contribution < 1.29 is 22.7 Å². The van der Waals surface area contributed by atoms with Crippen molar-refractivity contribution in [2.24, 2.45) is 0 Å². The second-order valence-corrected chi connectivity index (χ2v) is 8.80. The van der Waals surface area contributed by atoms with Crippen LogP contribution in [0.2, 0.25) is 0 Å². The molecule has 2 aromatic rings. The minimum atomic E-state index is -4.08. The van der Waals surface area contributed by atoms with E-state index in [1.807, 2.05) is 19.1 Å². The number of rotatable bonds is 7. The Bertz CT molecular complexity index is 1110. The Morgan fingerprint density at radius 3 is 2.48 bits per heavy atom. The first kappa shape index (κ1) is 22.4. The van der Waals surface area contributed by atoms with E-state index in [1.165, 1.54) is 30.1 Å². The number of urea groups is 1. The molecule has 0 atom stereocenters. The third-order valence-corrected chi connectivity index (χ3v) is 6.71. The van der Waals surface area contributed by atoms with E-state index in [2.05, 4.69) is 5.32 Å². The van der Waals surface area contributed by atoms with Crippen molar-refractivity contribution >= 4 is 27.6 Å². The lowest BCUT2D eigenvalue weighted by atomic mass is 10.1. The van der Waals surface area contributed by atoms with Crippen molar-refractivity contribution in [1.82, 2.24) is 9.62 Å². The molecule has 2 aromatic carbocycles. The molecule has 8 nitrogen and oxygen atoms in total. The van der Waals surface area contributed by atoms with Gasteiger partial charge in [0.15, 0.2) is 0 Å². The summed E-state index contributed by atoms with van der Waals surface area (Å²) in [5.74, 6) is 0.303. The first-order valence-electron chi connectivity index (χ1n) is 9.80. The third kappa shape index (κ3) is 4.56. The number of hydrogen-bond donors (Lipinski definition) is 1. The number of amides is 3. The number of nitrogens with zero attached hydrogens (tertiary/aromatic N) is 2. The number of carbonyl (C=O) groups is 2. The van der Waals surface area contributed by atoms with E-state index in [0.29, 0.717) is 5.75 Å². The van der Waals surface area contributed by atoms with Crippen molar-refractivity contribution in [3.63, 3.8) is 0 Å². The van der Waals surface area contributed by atoms with Crippen LogP contribution in [0.15, 0.2) is 59.5 Å². The maximum Gasteiger partial charge on any atom is 0.338 e. The van der Waals surface area contributed by atoms with Gasteiger partial charge in [-0.25, -0.2) is 17.5 Å². The average Bonchev–Trinajstić information content (AvgIpc) is 2.78. The molecule has 0 aromatic heterocycles. The quantitative estimate of drug-likeness (QED) is 0.663. The van der Waals surface area contributed by atoms with Crippen LogP contribution < -0.4 is 15.0 Å². The van der Waals surface area contributed by atoms with Gasteiger partial charge in [-0.15, -0.1) is 0 Å². The molecule has 9 heteroatoms. The maximum atomic E-state index is 13.1. The second-order valence-electron chi connectivity index (χ2n) is 6.97. The van der Waals surface area contributed by atoms with Crippen molar-refractivity contribution in [2.45, 2.75) is 24.8 Å². The largest absolute Gasteiger partial charge is 0.497 e. The molecule has 0 saturated carbocycles. The first-order chi connectivity index (χ1) is 14.8. The molecule has 1 aliphatic heterocycles. The summed E-state index contributed by atoms with van der Waals surface area (Å²) in [6.07, 6.45) is 4.16. The summed E-state index contributed by atoms with van der Waals surface area (Å²) in [4.78, 5) is 26.4. The van der Waals surface area contributed by atoms with E-state index in [0.717, 1.165) is 16.3 Å². The highest BCUT2D eigenvalue weighted by Gasteiger charge is 2.39. The van der Waals surface area contributed by atoms with Crippen LogP contribution >= 0.6 is 0 Å². The monoisotopic (exact) mass is 443 g/mol. The zero-order valence-corrected chi connectivity index (χ0v) is 18.5. The Morgan fingerprint density at radius 2 is 1.84 bits per heavy atom. The van der Waals surface area contributed by atoms with Gasteiger partial charge >= 0.3 is 6.03 Å². The van der Waals surface area contributed by atoms with Gasteiger partial charge in [-0.1, -0.05) is 31.2 Å². The molecule has 164 valence electrons. The molecule has 0 spiro atoms. The van der Waals surface area contributed by atoms with Crippen LogP contribution in [0.3, 0.4) is 0 Å². The van der Waals surface area contributed by atoms with E-state index in [9.17, 15) is 18.0 Å². The maximum absolute atomic E-state index is 13.1. The highest BCUT2D eigenvalue weighted by molar-refractivity contribution is 7.90. The van der Waals surface area contributed by atoms with Gasteiger partial charge < -0.3 is 10.1 Å². The van der Waals surface area contributed by atoms with Gasteiger partial charge in [-0.05, 0) is 42.3 Å². The minimum Gasteiger partial charge on any atom is -0.497 e. The number of allylic oxidation sites excluding steroid dienone is 1. The zero-order chi connectivity index (χ0) is 22.6. The molecule has 3 rings (SSSR count). The number of fused-ring (bicyclic) bond motifs is 1. The van der Waals surface area contributed by atoms with Gasteiger partial charge in [0.25, 0.3) is 15.9 Å². The Hall–Kier alpha value is -3.33. The summed E-state index contributed by atoms with van der Waals surface area (Å²) in [5, 5.41) is 2.78. The van der Waals surface area contributed by atoms with Crippen LogP contribution in [0.1, 0.15) is 29.3 Å². The molecule has 0 unspecified atom stereocenters. The zero-order valence-electron chi connectivity index (χ0n) is 17.7. The van der Waals surface area contributed by atoms with Gasteiger partial charge in [0.05, 0.1) is 19.3 Å². The van der Waals surface area contributed by atoms with Crippen LogP contribution in [-0.2, 0) is 16.6 Å². The summed E-state index contributed by atoms with van der Waals surface area (Å²) in [6.45, 7) is 2.13. The Balaban J connectivity index is 1.84. The van der Waals surface area contributed by atoms with Crippen LogP contribution in [0, 0.1) is 0 Å². The van der Waals surface area contributed by atoms with Gasteiger partial charge in [0.2, 0.25) is 0 Å². The predicted octanol–water partition coefficient (Wildman–Crippen LogP) is 3.15. The summed E-state index contributed by atoms with van der Waals surface area (Å²) >= 11 is 0. The number of nitrogens with one attached hydrogen (secondary N) is 1. The summed E-state index contributed by atoms with van der Waals surface area (Å²) in [6, 6.07) is 10.9. The van der Waals surface area contributed by atoms with Crippen molar-refractivity contribution in [3.05, 3.63) is 65.7 Å². The second kappa shape index (κ2) is 9.22. The topological polar surface area (TPSA) is 96.0 Å². The van der Waals surface area contributed by atoms with E-state index >= 15 is 0 Å². The summed E-state index contributed by atoms with van der Waals surface area (Å²) < 4.78 is 32.1. The van der Waals surface area contributed by atoms with Crippen molar-refractivity contribution in [1.29, 1.82) is 0 Å². The van der Waals surface area contributed by atoms with Crippen LogP contribution in [0.5, 0.6) is 5.75 Å². The number of benzene rings is 2. The number of sulfonamides is 1. The van der Waals surface area contributed by atoms with E-state index in [4.69, 9.17) is 4.74 Å². The van der Waals surface area contributed by atoms with Gasteiger partial charge in [-0.2, -0.15) is 0 Å². The fourth-order valence-corrected chi connectivity index (χ4v) is 4.76. The number of anilines is 1. The summed E-state index contributed by atoms with van der Waals surface area (Å²) in [5.41, 5.74) is 1.31. The predicted molar refractivity (Wildman–Crippen MR) is 118 cm³/mol. The molecule has 3 amide bonds. The van der Waals surface area contributed by atoms with E-state index < -0.39 is 22.0 Å². The number of hydrogen-bond acceptors (Lipinski definition) is 5. The Morgan fingerprint density at radius 1 is 1.13 bits per heavy atom. The van der Waals surface area contributed by atoms with Gasteiger partial charge in [-0.3, -0.25) is 9.69 Å². The first-order valence-corrected chi connectivity index (χ1v) is 11.2. The molecule has 0 aliphatic carbocycles. The normalized spacial score (nSPS) is 15.1. The molecule has 1 aliphatic rings. The molecular weight excluding hydrogens is 418 g/mol. The van der Waals surface area contributed by atoms with Crippen LogP contribution in [-0.4, -0.2) is 45.4 Å². The molecule has 0 fully saturated rings. The fraction of sp³-hybridized carbons (Fsp3) is 0.273. The Kier molecular flexibility index (Phi) is 6.65. The van der Waals surface area contributed by atoms with Crippen LogP contribution in [0.4, 0.5) is 10.5 Å². The van der Waals surface area contributed by atoms with E-state index in [-0.39, 0.29) is 29.2 Å². The van der Waals surface area contributed by atoms with E-state index in [1.54, 1.807) is 31.4 Å². The molecule has 0 saturated heterocycles. The standard InChI is InChI=1S/C22H25N3O5S/c1-4-5-6-13-25-22(27)24(2)19-12-9-17(14-20(19)31(25,28)29)21(26)23-15-16-7-10-18(30-3)11-8-16/h5-12,14H,4,13,15H2,1-3H3,(H,23,26)/b6-5+. The SMILES string of the molecule is CC/C=C/CN1C(=O)N(C)c2ccc(C(=O)NCc3ccc(OC)cc3)cc2S1(=O)=O. The molecule has 0 radical (unpaired) electrons. The van der Waals surface area contributed by atoms with Crippen molar-refractivity contribution in [3.8, 4) is 5.75 Å². The van der Waals surface area contributed by atoms with Crippen molar-refractivity contribution in [2.75, 3.05) is 25.6 Å². The molecule has 1 heterocycles. The highest BCUT2D eigenvalue weighted by Crippen LogP contribution is 2.34. The molecular formula is C22H25N3O5S. The van der Waals surface area contributed by atoms with Crippen LogP contribution in [0.25, 0.3) is 0 Å². The Labute approximate surface area is 182 Å². The lowest BCUT2D eigenvalue weighted by molar-refractivity contribution is 0.0950. The lowest BCUT2D eigenvalue weighted by Crippen LogP contribution is -2.49. The van der Waals surface area contributed by atoms with Gasteiger partial charge in [0, 0.05) is 19.2 Å². The number of ether oxygens (including phenoxy) is 1. The molecule has 0 bridgehead atoms. The molecule has 31 heavy (non-hydrogen) atoms.